The lowest BCUT2D eigenvalue weighted by Gasteiger charge is -2.33. The highest BCUT2D eigenvalue weighted by Gasteiger charge is 2.28. The number of hydrogen-bond acceptors (Lipinski definition) is 2. The Bertz CT molecular complexity index is 480. The van der Waals surface area contributed by atoms with Crippen LogP contribution in [0.3, 0.4) is 0 Å². The van der Waals surface area contributed by atoms with Crippen LogP contribution in [0.5, 0.6) is 0 Å². The normalized spacial score (nSPS) is 14.3. The summed E-state index contributed by atoms with van der Waals surface area (Å²) in [6.07, 6.45) is 0.695. The SMILES string of the molecule is Cc1ccccc1C(NC(=O)NCC(C)CCO)C(C)(C)C. The van der Waals surface area contributed by atoms with Crippen molar-refractivity contribution in [3.63, 3.8) is 0 Å². The topological polar surface area (TPSA) is 61.4 Å². The largest absolute Gasteiger partial charge is 0.396 e. The van der Waals surface area contributed by atoms with Gasteiger partial charge in [0.15, 0.2) is 0 Å². The smallest absolute Gasteiger partial charge is 0.315 e. The quantitative estimate of drug-likeness (QED) is 0.754. The molecule has 0 saturated heterocycles. The van der Waals surface area contributed by atoms with Crippen LogP contribution in [0, 0.1) is 18.3 Å². The van der Waals surface area contributed by atoms with Crippen LogP contribution in [-0.2, 0) is 0 Å². The molecule has 2 atom stereocenters. The standard InChI is InChI=1S/C18H30N2O2/c1-13(10-11-21)12-19-17(22)20-16(18(3,4)5)15-9-7-6-8-14(15)2/h6-9,13,16,21H,10-12H2,1-5H3,(H2,19,20,22). The molecule has 0 spiro atoms. The maximum atomic E-state index is 12.2. The Morgan fingerprint density at radius 1 is 1.27 bits per heavy atom. The molecular formula is C18H30N2O2. The molecule has 4 nitrogen and oxygen atoms in total. The van der Waals surface area contributed by atoms with Crippen LogP contribution in [-0.4, -0.2) is 24.3 Å². The molecule has 1 rings (SSSR count). The van der Waals surface area contributed by atoms with Crippen LogP contribution in [0.2, 0.25) is 0 Å². The number of aliphatic hydroxyl groups is 1. The molecule has 4 heteroatoms. The minimum absolute atomic E-state index is 0.0538. The Morgan fingerprint density at radius 3 is 2.45 bits per heavy atom. The second-order valence-corrected chi connectivity index (χ2v) is 7.13. The first-order valence-electron chi connectivity index (χ1n) is 7.96. The van der Waals surface area contributed by atoms with Crippen molar-refractivity contribution in [1.29, 1.82) is 0 Å². The molecule has 2 amide bonds. The van der Waals surface area contributed by atoms with Gasteiger partial charge in [-0.2, -0.15) is 0 Å². The van der Waals surface area contributed by atoms with Gasteiger partial charge in [-0.15, -0.1) is 0 Å². The van der Waals surface area contributed by atoms with E-state index in [2.05, 4.69) is 50.5 Å². The number of benzene rings is 1. The zero-order chi connectivity index (χ0) is 16.8. The Hall–Kier alpha value is -1.55. The van der Waals surface area contributed by atoms with Crippen molar-refractivity contribution in [2.24, 2.45) is 11.3 Å². The van der Waals surface area contributed by atoms with Gasteiger partial charge in [0.25, 0.3) is 0 Å². The molecule has 1 aromatic carbocycles. The third-order valence-electron chi connectivity index (χ3n) is 3.87. The van der Waals surface area contributed by atoms with Crippen LogP contribution < -0.4 is 10.6 Å². The lowest BCUT2D eigenvalue weighted by atomic mass is 9.81. The Kier molecular flexibility index (Phi) is 6.88. The van der Waals surface area contributed by atoms with E-state index < -0.39 is 0 Å². The van der Waals surface area contributed by atoms with Crippen molar-refractivity contribution >= 4 is 6.03 Å². The van der Waals surface area contributed by atoms with E-state index in [9.17, 15) is 4.79 Å². The molecule has 2 unspecified atom stereocenters. The number of amides is 2. The van der Waals surface area contributed by atoms with E-state index in [1.165, 1.54) is 5.56 Å². The molecule has 0 aliphatic carbocycles. The summed E-state index contributed by atoms with van der Waals surface area (Å²) >= 11 is 0. The molecule has 0 radical (unpaired) electrons. The van der Waals surface area contributed by atoms with E-state index in [0.29, 0.717) is 13.0 Å². The highest BCUT2D eigenvalue weighted by molar-refractivity contribution is 5.74. The number of aliphatic hydroxyl groups excluding tert-OH is 1. The summed E-state index contributed by atoms with van der Waals surface area (Å²) in [6.45, 7) is 11.2. The van der Waals surface area contributed by atoms with Crippen LogP contribution >= 0.6 is 0 Å². The second-order valence-electron chi connectivity index (χ2n) is 7.13. The molecular weight excluding hydrogens is 276 g/mol. The van der Waals surface area contributed by atoms with Gasteiger partial charge in [0.05, 0.1) is 6.04 Å². The molecule has 0 aliphatic heterocycles. The van der Waals surface area contributed by atoms with Gasteiger partial charge in [0.1, 0.15) is 0 Å². The third-order valence-corrected chi connectivity index (χ3v) is 3.87. The molecule has 22 heavy (non-hydrogen) atoms. The van der Waals surface area contributed by atoms with E-state index in [0.717, 1.165) is 5.56 Å². The van der Waals surface area contributed by atoms with E-state index >= 15 is 0 Å². The molecule has 0 heterocycles. The fourth-order valence-electron chi connectivity index (χ4n) is 2.44. The highest BCUT2D eigenvalue weighted by Crippen LogP contribution is 2.34. The van der Waals surface area contributed by atoms with Gasteiger partial charge in [-0.1, -0.05) is 52.0 Å². The van der Waals surface area contributed by atoms with Crippen LogP contribution in [0.1, 0.15) is 51.3 Å². The number of aryl methyl sites for hydroxylation is 1. The summed E-state index contributed by atoms with van der Waals surface area (Å²) in [6, 6.07) is 7.94. The highest BCUT2D eigenvalue weighted by atomic mass is 16.3. The summed E-state index contributed by atoms with van der Waals surface area (Å²) in [5.74, 6) is 0.266. The maximum absolute atomic E-state index is 12.2. The third kappa shape index (κ3) is 5.68. The van der Waals surface area contributed by atoms with Gasteiger partial charge in [-0.3, -0.25) is 0 Å². The molecule has 3 N–H and O–H groups in total. The number of hydrogen-bond donors (Lipinski definition) is 3. The lowest BCUT2D eigenvalue weighted by Crippen LogP contribution is -2.44. The van der Waals surface area contributed by atoms with Crippen molar-refractivity contribution in [1.82, 2.24) is 10.6 Å². The first-order chi connectivity index (χ1) is 10.3. The van der Waals surface area contributed by atoms with Crippen LogP contribution in [0.4, 0.5) is 4.79 Å². The van der Waals surface area contributed by atoms with Crippen molar-refractivity contribution in [3.05, 3.63) is 35.4 Å². The summed E-state index contributed by atoms with van der Waals surface area (Å²) in [5, 5.41) is 14.9. The Balaban J connectivity index is 2.75. The average molecular weight is 306 g/mol. The zero-order valence-electron chi connectivity index (χ0n) is 14.4. The molecule has 0 aliphatic rings. The fourth-order valence-corrected chi connectivity index (χ4v) is 2.44. The van der Waals surface area contributed by atoms with Crippen LogP contribution in [0.15, 0.2) is 24.3 Å². The minimum Gasteiger partial charge on any atom is -0.396 e. The van der Waals surface area contributed by atoms with Gasteiger partial charge in [0.2, 0.25) is 0 Å². The summed E-state index contributed by atoms with van der Waals surface area (Å²) in [5.41, 5.74) is 2.24. The van der Waals surface area contributed by atoms with Crippen molar-refractivity contribution < 1.29 is 9.90 Å². The first-order valence-corrected chi connectivity index (χ1v) is 7.96. The number of rotatable bonds is 6. The summed E-state index contributed by atoms with van der Waals surface area (Å²) < 4.78 is 0. The first kappa shape index (κ1) is 18.5. The molecule has 0 saturated carbocycles. The molecule has 1 aromatic rings. The second kappa shape index (κ2) is 8.18. The van der Waals surface area contributed by atoms with Crippen molar-refractivity contribution in [2.75, 3.05) is 13.2 Å². The van der Waals surface area contributed by atoms with Gasteiger partial charge in [0, 0.05) is 13.2 Å². The number of carbonyl (C=O) groups excluding carboxylic acids is 1. The summed E-state index contributed by atoms with van der Waals surface area (Å²) in [7, 11) is 0. The van der Waals surface area contributed by atoms with Crippen LogP contribution in [0.25, 0.3) is 0 Å². The molecule has 0 aromatic heterocycles. The minimum atomic E-state index is -0.159. The Labute approximate surface area is 134 Å². The number of nitrogens with one attached hydrogen (secondary N) is 2. The average Bonchev–Trinajstić information content (AvgIpc) is 2.43. The predicted molar refractivity (Wildman–Crippen MR) is 90.8 cm³/mol. The fraction of sp³-hybridized carbons (Fsp3) is 0.611. The van der Waals surface area contributed by atoms with E-state index in [1.54, 1.807) is 0 Å². The van der Waals surface area contributed by atoms with E-state index in [4.69, 9.17) is 5.11 Å². The van der Waals surface area contributed by atoms with E-state index in [-0.39, 0.29) is 30.0 Å². The lowest BCUT2D eigenvalue weighted by molar-refractivity contribution is 0.214. The van der Waals surface area contributed by atoms with Crippen molar-refractivity contribution in [3.8, 4) is 0 Å². The molecule has 0 bridgehead atoms. The predicted octanol–water partition coefficient (Wildman–Crippen LogP) is 3.40. The monoisotopic (exact) mass is 306 g/mol. The van der Waals surface area contributed by atoms with Gasteiger partial charge in [-0.05, 0) is 35.8 Å². The molecule has 0 fully saturated rings. The number of urea groups is 1. The zero-order valence-corrected chi connectivity index (χ0v) is 14.4. The maximum Gasteiger partial charge on any atom is 0.315 e. The Morgan fingerprint density at radius 2 is 1.91 bits per heavy atom. The van der Waals surface area contributed by atoms with Gasteiger partial charge in [-0.25, -0.2) is 4.79 Å². The van der Waals surface area contributed by atoms with E-state index in [1.807, 2.05) is 19.1 Å². The van der Waals surface area contributed by atoms with Gasteiger partial charge < -0.3 is 15.7 Å². The van der Waals surface area contributed by atoms with Gasteiger partial charge >= 0.3 is 6.03 Å². The molecule has 124 valence electrons. The van der Waals surface area contributed by atoms with Crippen molar-refractivity contribution in [2.45, 2.75) is 47.1 Å². The number of carbonyl (C=O) groups is 1. The summed E-state index contributed by atoms with van der Waals surface area (Å²) in [4.78, 5) is 12.2.